The van der Waals surface area contributed by atoms with Gasteiger partial charge < -0.3 is 10.2 Å². The van der Waals surface area contributed by atoms with E-state index in [4.69, 9.17) is 0 Å². The van der Waals surface area contributed by atoms with Crippen molar-refractivity contribution in [3.05, 3.63) is 59.6 Å². The monoisotopic (exact) mass is 422 g/mol. The molecule has 1 saturated heterocycles. The summed E-state index contributed by atoms with van der Waals surface area (Å²) in [5.41, 5.74) is 2.38. The first kappa shape index (κ1) is 20.8. The second-order valence-corrected chi connectivity index (χ2v) is 8.91. The Balaban J connectivity index is 1.07. The summed E-state index contributed by atoms with van der Waals surface area (Å²) in [6.45, 7) is 6.13. The van der Waals surface area contributed by atoms with Gasteiger partial charge in [0.05, 0.1) is 15.2 Å². The zero-order chi connectivity index (χ0) is 20.6. The number of rotatable bonds is 9. The lowest BCUT2D eigenvalue weighted by Crippen LogP contribution is -2.47. The molecule has 158 valence electrons. The van der Waals surface area contributed by atoms with Crippen molar-refractivity contribution >= 4 is 33.1 Å². The average Bonchev–Trinajstić information content (AvgIpc) is 3.20. The van der Waals surface area contributed by atoms with Gasteiger partial charge in [0.25, 0.3) is 0 Å². The molecule has 0 spiro atoms. The Morgan fingerprint density at radius 3 is 2.53 bits per heavy atom. The minimum atomic E-state index is 0.157. The van der Waals surface area contributed by atoms with Crippen LogP contribution in [0.15, 0.2) is 54.6 Å². The number of anilines is 1. The van der Waals surface area contributed by atoms with Gasteiger partial charge in [0.1, 0.15) is 0 Å². The number of nitrogens with one attached hydrogen (secondary N) is 1. The Hall–Kier alpha value is -2.44. The fraction of sp³-hybridized carbons (Fsp3) is 0.417. The first-order chi connectivity index (χ1) is 14.8. The van der Waals surface area contributed by atoms with Crippen molar-refractivity contribution < 1.29 is 4.79 Å². The van der Waals surface area contributed by atoms with Gasteiger partial charge in [-0.15, -0.1) is 11.3 Å². The van der Waals surface area contributed by atoms with E-state index in [2.05, 4.69) is 56.5 Å². The first-order valence-electron chi connectivity index (χ1n) is 10.9. The zero-order valence-electron chi connectivity index (χ0n) is 17.4. The van der Waals surface area contributed by atoms with Crippen molar-refractivity contribution in [3.8, 4) is 0 Å². The Morgan fingerprint density at radius 2 is 1.73 bits per heavy atom. The lowest BCUT2D eigenvalue weighted by atomic mass is 10.2. The molecule has 0 radical (unpaired) electrons. The predicted molar refractivity (Wildman–Crippen MR) is 125 cm³/mol. The number of hydrogen-bond donors (Lipinski definition) is 1. The highest BCUT2D eigenvalue weighted by Crippen LogP contribution is 2.22. The molecule has 1 aromatic heterocycles. The van der Waals surface area contributed by atoms with E-state index in [1.807, 2.05) is 18.2 Å². The zero-order valence-corrected chi connectivity index (χ0v) is 18.2. The lowest BCUT2D eigenvalue weighted by Gasteiger charge is -2.36. The van der Waals surface area contributed by atoms with Crippen molar-refractivity contribution in [2.75, 3.05) is 44.2 Å². The van der Waals surface area contributed by atoms with E-state index in [0.29, 0.717) is 6.42 Å². The number of fused-ring (bicyclic) bond motifs is 1. The first-order valence-corrected chi connectivity index (χ1v) is 11.7. The van der Waals surface area contributed by atoms with Crippen molar-refractivity contribution in [1.82, 2.24) is 15.2 Å². The molecule has 5 nitrogen and oxygen atoms in total. The summed E-state index contributed by atoms with van der Waals surface area (Å²) >= 11 is 1.73. The maximum atomic E-state index is 12.1. The fourth-order valence-electron chi connectivity index (χ4n) is 3.91. The van der Waals surface area contributed by atoms with E-state index in [9.17, 15) is 4.79 Å². The number of aryl methyl sites for hydroxylation is 1. The summed E-state index contributed by atoms with van der Waals surface area (Å²) in [5, 5.41) is 4.20. The van der Waals surface area contributed by atoms with E-state index in [1.165, 1.54) is 10.4 Å². The normalized spacial score (nSPS) is 14.9. The molecule has 0 aliphatic carbocycles. The topological polar surface area (TPSA) is 48.5 Å². The summed E-state index contributed by atoms with van der Waals surface area (Å²) in [6.07, 6.45) is 3.31. The SMILES string of the molecule is O=C(CCCc1nc2ccccc2s1)NCCCN1CCN(c2ccccc2)CC1. The van der Waals surface area contributed by atoms with Crippen LogP contribution in [0.2, 0.25) is 0 Å². The molecule has 1 aliphatic rings. The number of para-hydroxylation sites is 2. The number of carbonyl (C=O) groups is 1. The molecule has 1 amide bonds. The van der Waals surface area contributed by atoms with Crippen LogP contribution in [0.4, 0.5) is 5.69 Å². The van der Waals surface area contributed by atoms with Crippen molar-refractivity contribution in [2.24, 2.45) is 0 Å². The number of nitrogens with zero attached hydrogens (tertiary/aromatic N) is 3. The van der Waals surface area contributed by atoms with Crippen LogP contribution in [0.25, 0.3) is 10.2 Å². The molecule has 2 heterocycles. The van der Waals surface area contributed by atoms with Crippen LogP contribution in [0.3, 0.4) is 0 Å². The second kappa shape index (κ2) is 10.5. The summed E-state index contributed by atoms with van der Waals surface area (Å²) < 4.78 is 1.22. The lowest BCUT2D eigenvalue weighted by molar-refractivity contribution is -0.121. The van der Waals surface area contributed by atoms with Gasteiger partial charge >= 0.3 is 0 Å². The molecule has 4 rings (SSSR count). The smallest absolute Gasteiger partial charge is 0.220 e. The highest BCUT2D eigenvalue weighted by atomic mass is 32.1. The van der Waals surface area contributed by atoms with Gasteiger partial charge in [0.15, 0.2) is 0 Å². The van der Waals surface area contributed by atoms with Crippen LogP contribution in [0, 0.1) is 0 Å². The fourth-order valence-corrected chi connectivity index (χ4v) is 4.92. The Morgan fingerprint density at radius 1 is 0.967 bits per heavy atom. The maximum absolute atomic E-state index is 12.1. The molecule has 3 aromatic rings. The third kappa shape index (κ3) is 5.80. The molecule has 2 aromatic carbocycles. The number of aromatic nitrogens is 1. The van der Waals surface area contributed by atoms with Gasteiger partial charge in [-0.2, -0.15) is 0 Å². The largest absolute Gasteiger partial charge is 0.369 e. The van der Waals surface area contributed by atoms with Crippen LogP contribution in [0.5, 0.6) is 0 Å². The molecule has 0 saturated carbocycles. The van der Waals surface area contributed by atoms with Crippen LogP contribution in [-0.4, -0.2) is 55.1 Å². The Kier molecular flexibility index (Phi) is 7.32. The summed E-state index contributed by atoms with van der Waals surface area (Å²) in [4.78, 5) is 21.7. The minimum Gasteiger partial charge on any atom is -0.369 e. The standard InChI is InChI=1S/C24H30N4OS/c29-23(12-6-13-24-26-21-10-4-5-11-22(21)30-24)25-14-7-15-27-16-18-28(19-17-27)20-8-2-1-3-9-20/h1-5,8-11H,6-7,12-19H2,(H,25,29). The molecule has 1 N–H and O–H groups in total. The minimum absolute atomic E-state index is 0.157. The van der Waals surface area contributed by atoms with Crippen LogP contribution in [-0.2, 0) is 11.2 Å². The molecule has 0 unspecified atom stereocenters. The predicted octanol–water partition coefficient (Wildman–Crippen LogP) is 3.95. The van der Waals surface area contributed by atoms with Crippen molar-refractivity contribution in [3.63, 3.8) is 0 Å². The summed E-state index contributed by atoms with van der Waals surface area (Å²) in [6, 6.07) is 18.8. The molecule has 0 bridgehead atoms. The number of amides is 1. The number of carbonyl (C=O) groups excluding carboxylic acids is 1. The van der Waals surface area contributed by atoms with Gasteiger partial charge in [-0.1, -0.05) is 30.3 Å². The Bertz CT molecular complexity index is 902. The molecule has 6 heteroatoms. The van der Waals surface area contributed by atoms with Gasteiger partial charge in [-0.3, -0.25) is 9.69 Å². The number of thiazole rings is 1. The van der Waals surface area contributed by atoms with E-state index in [0.717, 1.165) is 69.1 Å². The highest BCUT2D eigenvalue weighted by molar-refractivity contribution is 7.18. The molecule has 1 aliphatic heterocycles. The van der Waals surface area contributed by atoms with Gasteiger partial charge in [0, 0.05) is 44.8 Å². The van der Waals surface area contributed by atoms with Crippen LogP contribution < -0.4 is 10.2 Å². The molecule has 30 heavy (non-hydrogen) atoms. The van der Waals surface area contributed by atoms with Crippen molar-refractivity contribution in [2.45, 2.75) is 25.7 Å². The number of piperazine rings is 1. The average molecular weight is 423 g/mol. The third-order valence-corrected chi connectivity index (χ3v) is 6.70. The second-order valence-electron chi connectivity index (χ2n) is 7.80. The van der Waals surface area contributed by atoms with Crippen LogP contribution >= 0.6 is 11.3 Å². The van der Waals surface area contributed by atoms with E-state index in [-0.39, 0.29) is 5.91 Å². The molecule has 0 atom stereocenters. The molecular formula is C24H30N4OS. The molecular weight excluding hydrogens is 392 g/mol. The number of hydrogen-bond acceptors (Lipinski definition) is 5. The van der Waals surface area contributed by atoms with Crippen molar-refractivity contribution in [1.29, 1.82) is 0 Å². The summed E-state index contributed by atoms with van der Waals surface area (Å²) in [7, 11) is 0. The van der Waals surface area contributed by atoms with Gasteiger partial charge in [-0.25, -0.2) is 4.98 Å². The number of benzene rings is 2. The van der Waals surface area contributed by atoms with Gasteiger partial charge in [0.2, 0.25) is 5.91 Å². The van der Waals surface area contributed by atoms with E-state index >= 15 is 0 Å². The Labute approximate surface area is 182 Å². The maximum Gasteiger partial charge on any atom is 0.220 e. The third-order valence-electron chi connectivity index (χ3n) is 5.60. The molecule has 1 fully saturated rings. The van der Waals surface area contributed by atoms with E-state index < -0.39 is 0 Å². The summed E-state index contributed by atoms with van der Waals surface area (Å²) in [5.74, 6) is 0.157. The van der Waals surface area contributed by atoms with Crippen LogP contribution in [0.1, 0.15) is 24.3 Å². The van der Waals surface area contributed by atoms with E-state index in [1.54, 1.807) is 11.3 Å². The van der Waals surface area contributed by atoms with Gasteiger partial charge in [-0.05, 0) is 50.1 Å². The quantitative estimate of drug-likeness (QED) is 0.531. The highest BCUT2D eigenvalue weighted by Gasteiger charge is 2.16.